The molecule has 0 spiro atoms. The van der Waals surface area contributed by atoms with Gasteiger partial charge in [-0.2, -0.15) is 0 Å². The Morgan fingerprint density at radius 2 is 2.21 bits per heavy atom. The molecule has 6 nitrogen and oxygen atoms in total. The van der Waals surface area contributed by atoms with E-state index in [2.05, 4.69) is 15.6 Å². The first kappa shape index (κ1) is 13.8. The van der Waals surface area contributed by atoms with Crippen LogP contribution in [0.1, 0.15) is 29.1 Å². The second-order valence-electron chi connectivity index (χ2n) is 4.82. The second-order valence-corrected chi connectivity index (χ2v) is 6.14. The molecular weight excluding hydrogens is 266 g/mol. The molecule has 1 saturated carbocycles. The number of rotatable bonds is 5. The number of urea groups is 1. The third-order valence-electron chi connectivity index (χ3n) is 3.44. The highest BCUT2D eigenvalue weighted by atomic mass is 32.1. The summed E-state index contributed by atoms with van der Waals surface area (Å²) in [6, 6.07) is -0.335. The van der Waals surface area contributed by atoms with Gasteiger partial charge in [-0.1, -0.05) is 6.42 Å². The summed E-state index contributed by atoms with van der Waals surface area (Å²) in [6.07, 6.45) is 3.91. The number of carboxylic acids is 1. The number of nitrogens with one attached hydrogen (secondary N) is 2. The summed E-state index contributed by atoms with van der Waals surface area (Å²) in [7, 11) is 0. The Bertz CT molecular complexity index is 482. The zero-order valence-corrected chi connectivity index (χ0v) is 11.5. The Kier molecular flexibility index (Phi) is 4.04. The van der Waals surface area contributed by atoms with E-state index < -0.39 is 11.4 Å². The normalized spacial score (nSPS) is 16.5. The van der Waals surface area contributed by atoms with Crippen LogP contribution in [0.5, 0.6) is 0 Å². The van der Waals surface area contributed by atoms with Gasteiger partial charge in [-0.3, -0.25) is 4.79 Å². The van der Waals surface area contributed by atoms with Crippen LogP contribution < -0.4 is 10.6 Å². The molecule has 1 aromatic rings. The monoisotopic (exact) mass is 283 g/mol. The lowest BCUT2D eigenvalue weighted by Crippen LogP contribution is -2.49. The number of hydrogen-bond donors (Lipinski definition) is 3. The van der Waals surface area contributed by atoms with Crippen molar-refractivity contribution in [3.05, 3.63) is 16.1 Å². The Hall–Kier alpha value is -1.63. The summed E-state index contributed by atoms with van der Waals surface area (Å²) in [5.74, 6) is -0.822. The van der Waals surface area contributed by atoms with Gasteiger partial charge in [-0.25, -0.2) is 9.78 Å². The van der Waals surface area contributed by atoms with Crippen LogP contribution in [-0.4, -0.2) is 28.6 Å². The predicted octanol–water partition coefficient (Wildman–Crippen LogP) is 1.51. The van der Waals surface area contributed by atoms with Crippen LogP contribution in [-0.2, 0) is 11.3 Å². The van der Waals surface area contributed by atoms with E-state index in [9.17, 15) is 9.59 Å². The molecule has 1 aliphatic rings. The van der Waals surface area contributed by atoms with E-state index in [1.54, 1.807) is 6.20 Å². The number of hydrogen-bond acceptors (Lipinski definition) is 4. The maximum Gasteiger partial charge on any atom is 0.315 e. The summed E-state index contributed by atoms with van der Waals surface area (Å²) < 4.78 is 0. The maximum absolute atomic E-state index is 11.6. The Balaban J connectivity index is 1.74. The molecule has 104 valence electrons. The zero-order valence-electron chi connectivity index (χ0n) is 10.7. The molecule has 0 radical (unpaired) electrons. The molecule has 0 atom stereocenters. The van der Waals surface area contributed by atoms with Gasteiger partial charge in [0.15, 0.2) is 0 Å². The zero-order chi connectivity index (χ0) is 13.9. The third kappa shape index (κ3) is 3.23. The van der Waals surface area contributed by atoms with E-state index in [-0.39, 0.29) is 12.6 Å². The van der Waals surface area contributed by atoms with Crippen molar-refractivity contribution in [3.8, 4) is 0 Å². The molecule has 19 heavy (non-hydrogen) atoms. The molecule has 0 bridgehead atoms. The molecule has 2 rings (SSSR count). The Morgan fingerprint density at radius 3 is 2.68 bits per heavy atom. The average molecular weight is 283 g/mol. The van der Waals surface area contributed by atoms with E-state index in [1.165, 1.54) is 11.3 Å². The molecule has 2 amide bonds. The van der Waals surface area contributed by atoms with E-state index >= 15 is 0 Å². The van der Waals surface area contributed by atoms with Gasteiger partial charge < -0.3 is 15.7 Å². The Labute approximate surface area is 115 Å². The van der Waals surface area contributed by atoms with Gasteiger partial charge in [-0.05, 0) is 19.8 Å². The van der Waals surface area contributed by atoms with Crippen molar-refractivity contribution < 1.29 is 14.7 Å². The van der Waals surface area contributed by atoms with E-state index in [1.807, 2.05) is 6.92 Å². The van der Waals surface area contributed by atoms with Crippen molar-refractivity contribution in [2.24, 2.45) is 5.41 Å². The molecule has 1 fully saturated rings. The van der Waals surface area contributed by atoms with Gasteiger partial charge in [0.1, 0.15) is 0 Å². The minimum absolute atomic E-state index is 0.190. The van der Waals surface area contributed by atoms with Crippen LogP contribution in [0.2, 0.25) is 0 Å². The van der Waals surface area contributed by atoms with Gasteiger partial charge in [-0.15, -0.1) is 11.3 Å². The van der Waals surface area contributed by atoms with Crippen LogP contribution in [0, 0.1) is 12.3 Å². The molecule has 1 heterocycles. The number of carbonyl (C=O) groups is 2. The summed E-state index contributed by atoms with van der Waals surface area (Å²) >= 11 is 1.53. The summed E-state index contributed by atoms with van der Waals surface area (Å²) in [5, 5.41) is 15.4. The lowest BCUT2D eigenvalue weighted by Gasteiger charge is -2.37. The minimum Gasteiger partial charge on any atom is -0.481 e. The van der Waals surface area contributed by atoms with Gasteiger partial charge in [0.2, 0.25) is 0 Å². The number of amides is 2. The number of aliphatic carboxylic acids is 1. The molecule has 0 aromatic carbocycles. The Morgan fingerprint density at radius 1 is 1.47 bits per heavy atom. The van der Waals surface area contributed by atoms with Gasteiger partial charge in [0.25, 0.3) is 0 Å². The lowest BCUT2D eigenvalue weighted by atomic mass is 9.69. The van der Waals surface area contributed by atoms with Gasteiger partial charge in [0.05, 0.1) is 17.0 Å². The number of carboxylic acid groups (broad SMARTS) is 1. The summed E-state index contributed by atoms with van der Waals surface area (Å²) in [4.78, 5) is 27.8. The fraction of sp³-hybridized carbons (Fsp3) is 0.583. The van der Waals surface area contributed by atoms with E-state index in [0.29, 0.717) is 19.4 Å². The maximum atomic E-state index is 11.6. The first-order valence-corrected chi connectivity index (χ1v) is 7.00. The van der Waals surface area contributed by atoms with Crippen LogP contribution in [0.3, 0.4) is 0 Å². The van der Waals surface area contributed by atoms with Gasteiger partial charge in [0, 0.05) is 17.6 Å². The van der Waals surface area contributed by atoms with Crippen molar-refractivity contribution in [2.45, 2.75) is 32.7 Å². The van der Waals surface area contributed by atoms with Crippen LogP contribution >= 0.6 is 11.3 Å². The highest BCUT2D eigenvalue weighted by molar-refractivity contribution is 7.11. The summed E-state index contributed by atoms with van der Waals surface area (Å²) in [6.45, 7) is 2.51. The van der Waals surface area contributed by atoms with E-state index in [0.717, 1.165) is 16.3 Å². The van der Waals surface area contributed by atoms with Crippen LogP contribution in [0.4, 0.5) is 4.79 Å². The van der Waals surface area contributed by atoms with Crippen molar-refractivity contribution in [1.29, 1.82) is 0 Å². The number of carbonyl (C=O) groups excluding carboxylic acids is 1. The topological polar surface area (TPSA) is 91.3 Å². The fourth-order valence-electron chi connectivity index (χ4n) is 2.04. The van der Waals surface area contributed by atoms with Crippen molar-refractivity contribution >= 4 is 23.3 Å². The fourth-order valence-corrected chi connectivity index (χ4v) is 2.77. The standard InChI is InChI=1S/C12H17N3O3S/c1-8-13-5-9(19-8)6-14-11(18)15-7-12(10(16)17)3-2-4-12/h5H,2-4,6-7H2,1H3,(H,16,17)(H2,14,15,18). The highest BCUT2D eigenvalue weighted by Crippen LogP contribution is 2.40. The molecular formula is C12H17N3O3S. The quantitative estimate of drug-likeness (QED) is 0.763. The first-order valence-electron chi connectivity index (χ1n) is 6.18. The lowest BCUT2D eigenvalue weighted by molar-refractivity contribution is -0.153. The first-order chi connectivity index (χ1) is 9.02. The van der Waals surface area contributed by atoms with Crippen LogP contribution in [0.15, 0.2) is 6.20 Å². The number of aryl methyl sites for hydroxylation is 1. The van der Waals surface area contributed by atoms with E-state index in [4.69, 9.17) is 5.11 Å². The number of aromatic nitrogens is 1. The van der Waals surface area contributed by atoms with Crippen molar-refractivity contribution in [3.63, 3.8) is 0 Å². The predicted molar refractivity (Wildman–Crippen MR) is 71.0 cm³/mol. The molecule has 0 aliphatic heterocycles. The largest absolute Gasteiger partial charge is 0.481 e. The number of nitrogens with zero attached hydrogens (tertiary/aromatic N) is 1. The van der Waals surface area contributed by atoms with Crippen LogP contribution in [0.25, 0.3) is 0 Å². The number of thiazole rings is 1. The molecule has 7 heteroatoms. The average Bonchev–Trinajstić information content (AvgIpc) is 2.70. The molecule has 3 N–H and O–H groups in total. The minimum atomic E-state index is -0.822. The SMILES string of the molecule is Cc1ncc(CNC(=O)NCC2(C(=O)O)CCC2)s1. The van der Waals surface area contributed by atoms with Gasteiger partial charge >= 0.3 is 12.0 Å². The summed E-state index contributed by atoms with van der Waals surface area (Å²) in [5.41, 5.74) is -0.752. The highest BCUT2D eigenvalue weighted by Gasteiger charge is 2.44. The second kappa shape index (κ2) is 5.56. The molecule has 1 aromatic heterocycles. The third-order valence-corrected chi connectivity index (χ3v) is 4.36. The molecule has 0 saturated heterocycles. The smallest absolute Gasteiger partial charge is 0.315 e. The van der Waals surface area contributed by atoms with Crippen molar-refractivity contribution in [2.75, 3.05) is 6.54 Å². The molecule has 1 aliphatic carbocycles. The molecule has 0 unspecified atom stereocenters. The van der Waals surface area contributed by atoms with Crippen molar-refractivity contribution in [1.82, 2.24) is 15.6 Å².